The first kappa shape index (κ1) is 15.3. The second-order valence-corrected chi connectivity index (χ2v) is 5.19. The number of rotatable bonds is 4. The molecule has 1 aliphatic rings. The summed E-state index contributed by atoms with van der Waals surface area (Å²) in [5.74, 6) is -1.02. The highest BCUT2D eigenvalue weighted by Crippen LogP contribution is 2.29. The van der Waals surface area contributed by atoms with Crippen molar-refractivity contribution in [1.82, 2.24) is 10.2 Å². The predicted molar refractivity (Wildman–Crippen MR) is 77.1 cm³/mol. The maximum atomic E-state index is 12.3. The summed E-state index contributed by atoms with van der Waals surface area (Å²) in [6.45, 7) is 2.59. The van der Waals surface area contributed by atoms with E-state index in [0.29, 0.717) is 25.1 Å². The van der Waals surface area contributed by atoms with Crippen molar-refractivity contribution in [3.8, 4) is 0 Å². The van der Waals surface area contributed by atoms with E-state index in [9.17, 15) is 14.7 Å². The summed E-state index contributed by atoms with van der Waals surface area (Å²) in [6, 6.07) is 5.87. The SMILES string of the molecule is COCC(C)NC(=O)N1CCc2ccccc2C1C(=O)O. The molecule has 0 radical (unpaired) electrons. The summed E-state index contributed by atoms with van der Waals surface area (Å²) in [5.41, 5.74) is 1.67. The number of amides is 2. The van der Waals surface area contributed by atoms with Crippen LogP contribution in [0, 0.1) is 0 Å². The van der Waals surface area contributed by atoms with Gasteiger partial charge in [0.1, 0.15) is 0 Å². The Kier molecular flexibility index (Phi) is 4.80. The number of benzene rings is 1. The zero-order valence-corrected chi connectivity index (χ0v) is 12.2. The van der Waals surface area contributed by atoms with Gasteiger partial charge in [0.15, 0.2) is 6.04 Å². The van der Waals surface area contributed by atoms with Crippen LogP contribution >= 0.6 is 0 Å². The van der Waals surface area contributed by atoms with Gasteiger partial charge in [0, 0.05) is 13.7 Å². The minimum Gasteiger partial charge on any atom is -0.479 e. The molecule has 0 fully saturated rings. The fourth-order valence-electron chi connectivity index (χ4n) is 2.64. The zero-order valence-electron chi connectivity index (χ0n) is 12.2. The molecule has 0 spiro atoms. The third-order valence-corrected chi connectivity index (χ3v) is 3.56. The number of nitrogens with zero attached hydrogens (tertiary/aromatic N) is 1. The van der Waals surface area contributed by atoms with Gasteiger partial charge in [-0.1, -0.05) is 24.3 Å². The number of carboxylic acids is 1. The Labute approximate surface area is 123 Å². The Morgan fingerprint density at radius 3 is 2.86 bits per heavy atom. The average molecular weight is 292 g/mol. The van der Waals surface area contributed by atoms with Crippen molar-refractivity contribution in [1.29, 1.82) is 0 Å². The summed E-state index contributed by atoms with van der Waals surface area (Å²) >= 11 is 0. The van der Waals surface area contributed by atoms with E-state index in [1.165, 1.54) is 4.90 Å². The van der Waals surface area contributed by atoms with E-state index in [1.807, 2.05) is 19.1 Å². The van der Waals surface area contributed by atoms with Crippen molar-refractivity contribution in [3.63, 3.8) is 0 Å². The zero-order chi connectivity index (χ0) is 15.4. The quantitative estimate of drug-likeness (QED) is 0.879. The normalized spacial score (nSPS) is 18.8. The van der Waals surface area contributed by atoms with Crippen LogP contribution in [0.5, 0.6) is 0 Å². The van der Waals surface area contributed by atoms with Crippen molar-refractivity contribution in [2.45, 2.75) is 25.4 Å². The standard InChI is InChI=1S/C15H20N2O4/c1-10(9-21-2)16-15(20)17-8-7-11-5-3-4-6-12(11)13(17)14(18)19/h3-6,10,13H,7-9H2,1-2H3,(H,16,20)(H,18,19). The van der Waals surface area contributed by atoms with Gasteiger partial charge in [-0.3, -0.25) is 0 Å². The molecule has 2 N–H and O–H groups in total. The number of aliphatic carboxylic acids is 1. The van der Waals surface area contributed by atoms with E-state index >= 15 is 0 Å². The van der Waals surface area contributed by atoms with Crippen LogP contribution in [0.3, 0.4) is 0 Å². The molecule has 114 valence electrons. The van der Waals surface area contributed by atoms with Crippen LogP contribution in [0.2, 0.25) is 0 Å². The monoisotopic (exact) mass is 292 g/mol. The maximum absolute atomic E-state index is 12.3. The van der Waals surface area contributed by atoms with Gasteiger partial charge in [-0.15, -0.1) is 0 Å². The molecule has 0 saturated heterocycles. The number of nitrogens with one attached hydrogen (secondary N) is 1. The fraction of sp³-hybridized carbons (Fsp3) is 0.467. The first-order valence-electron chi connectivity index (χ1n) is 6.91. The van der Waals surface area contributed by atoms with Crippen LogP contribution in [0.25, 0.3) is 0 Å². The lowest BCUT2D eigenvalue weighted by Crippen LogP contribution is -2.50. The summed E-state index contributed by atoms with van der Waals surface area (Å²) < 4.78 is 4.97. The number of ether oxygens (including phenoxy) is 1. The molecule has 0 bridgehead atoms. The fourth-order valence-corrected chi connectivity index (χ4v) is 2.64. The number of carbonyl (C=O) groups excluding carboxylic acids is 1. The molecule has 1 heterocycles. The van der Waals surface area contributed by atoms with Gasteiger partial charge in [0.05, 0.1) is 12.6 Å². The second kappa shape index (κ2) is 6.58. The Bertz CT molecular complexity index is 532. The Morgan fingerprint density at radius 2 is 2.19 bits per heavy atom. The van der Waals surface area contributed by atoms with Crippen LogP contribution < -0.4 is 5.32 Å². The van der Waals surface area contributed by atoms with Crippen molar-refractivity contribution >= 4 is 12.0 Å². The Morgan fingerprint density at radius 1 is 1.48 bits per heavy atom. The minimum atomic E-state index is -1.02. The van der Waals surface area contributed by atoms with Crippen LogP contribution in [0.4, 0.5) is 4.79 Å². The number of hydrogen-bond donors (Lipinski definition) is 2. The topological polar surface area (TPSA) is 78.9 Å². The van der Waals surface area contributed by atoms with Crippen LogP contribution in [-0.2, 0) is 16.0 Å². The first-order valence-corrected chi connectivity index (χ1v) is 6.91. The van der Waals surface area contributed by atoms with Gasteiger partial charge in [0.2, 0.25) is 0 Å². The lowest BCUT2D eigenvalue weighted by Gasteiger charge is -2.35. The number of hydrogen-bond acceptors (Lipinski definition) is 3. The molecule has 0 aromatic heterocycles. The van der Waals surface area contributed by atoms with Gasteiger partial charge in [-0.05, 0) is 24.5 Å². The number of fused-ring (bicyclic) bond motifs is 1. The first-order chi connectivity index (χ1) is 10.0. The average Bonchev–Trinajstić information content (AvgIpc) is 2.45. The van der Waals surface area contributed by atoms with Gasteiger partial charge in [-0.25, -0.2) is 9.59 Å². The van der Waals surface area contributed by atoms with Crippen molar-refractivity contribution in [2.75, 3.05) is 20.3 Å². The molecule has 0 aliphatic carbocycles. The van der Waals surface area contributed by atoms with Crippen LogP contribution in [0.15, 0.2) is 24.3 Å². The molecule has 1 aliphatic heterocycles. The molecule has 2 atom stereocenters. The number of carboxylic acid groups (broad SMARTS) is 1. The predicted octanol–water partition coefficient (Wildman–Crippen LogP) is 1.41. The van der Waals surface area contributed by atoms with E-state index < -0.39 is 12.0 Å². The van der Waals surface area contributed by atoms with Crippen LogP contribution in [0.1, 0.15) is 24.1 Å². The molecule has 0 saturated carbocycles. The smallest absolute Gasteiger partial charge is 0.331 e. The molecule has 2 amide bonds. The van der Waals surface area contributed by atoms with E-state index in [-0.39, 0.29) is 12.1 Å². The highest BCUT2D eigenvalue weighted by molar-refractivity contribution is 5.84. The summed E-state index contributed by atoms with van der Waals surface area (Å²) in [5, 5.41) is 12.3. The molecular formula is C15H20N2O4. The van der Waals surface area contributed by atoms with E-state index in [2.05, 4.69) is 5.32 Å². The molecule has 2 unspecified atom stereocenters. The van der Waals surface area contributed by atoms with Crippen molar-refractivity contribution in [3.05, 3.63) is 35.4 Å². The molecule has 6 nitrogen and oxygen atoms in total. The molecule has 2 rings (SSSR count). The Balaban J connectivity index is 2.20. The third kappa shape index (κ3) is 3.33. The van der Waals surface area contributed by atoms with E-state index in [0.717, 1.165) is 5.56 Å². The van der Waals surface area contributed by atoms with Gasteiger partial charge < -0.3 is 20.1 Å². The summed E-state index contributed by atoms with van der Waals surface area (Å²) in [7, 11) is 1.56. The van der Waals surface area contributed by atoms with Gasteiger partial charge in [-0.2, -0.15) is 0 Å². The number of methoxy groups -OCH3 is 1. The molecular weight excluding hydrogens is 272 g/mol. The molecule has 1 aromatic carbocycles. The van der Waals surface area contributed by atoms with Crippen molar-refractivity contribution < 1.29 is 19.4 Å². The molecule has 21 heavy (non-hydrogen) atoms. The number of urea groups is 1. The maximum Gasteiger partial charge on any atom is 0.331 e. The summed E-state index contributed by atoms with van der Waals surface area (Å²) in [4.78, 5) is 25.3. The highest BCUT2D eigenvalue weighted by Gasteiger charge is 2.36. The molecule has 6 heteroatoms. The highest BCUT2D eigenvalue weighted by atomic mass is 16.5. The summed E-state index contributed by atoms with van der Waals surface area (Å²) in [6.07, 6.45) is 0.659. The molecule has 1 aromatic rings. The van der Waals surface area contributed by atoms with Crippen LogP contribution in [-0.4, -0.2) is 48.3 Å². The van der Waals surface area contributed by atoms with E-state index in [1.54, 1.807) is 19.2 Å². The lowest BCUT2D eigenvalue weighted by atomic mass is 9.93. The largest absolute Gasteiger partial charge is 0.479 e. The number of carbonyl (C=O) groups is 2. The third-order valence-electron chi connectivity index (χ3n) is 3.56. The second-order valence-electron chi connectivity index (χ2n) is 5.19. The minimum absolute atomic E-state index is 0.172. The lowest BCUT2D eigenvalue weighted by molar-refractivity contribution is -0.142. The van der Waals surface area contributed by atoms with Gasteiger partial charge >= 0.3 is 12.0 Å². The Hall–Kier alpha value is -2.08. The van der Waals surface area contributed by atoms with E-state index in [4.69, 9.17) is 4.74 Å². The van der Waals surface area contributed by atoms with Crippen molar-refractivity contribution in [2.24, 2.45) is 0 Å². The van der Waals surface area contributed by atoms with Gasteiger partial charge in [0.25, 0.3) is 0 Å².